The molecule has 300 valence electrons. The van der Waals surface area contributed by atoms with Gasteiger partial charge in [0.2, 0.25) is 0 Å². The summed E-state index contributed by atoms with van der Waals surface area (Å²) in [4.78, 5) is 2.50. The van der Waals surface area contributed by atoms with E-state index in [0.29, 0.717) is 0 Å². The third kappa shape index (κ3) is 6.31. The molecule has 1 nitrogen and oxygen atoms in total. The predicted molar refractivity (Wildman–Crippen MR) is 265 cm³/mol. The summed E-state index contributed by atoms with van der Waals surface area (Å²) in [6.07, 6.45) is 0. The minimum Gasteiger partial charge on any atom is -0.310 e. The summed E-state index contributed by atoms with van der Waals surface area (Å²) < 4.78 is 0. The molecule has 10 aromatic carbocycles. The van der Waals surface area contributed by atoms with Gasteiger partial charge in [0.15, 0.2) is 0 Å². The van der Waals surface area contributed by atoms with Gasteiger partial charge < -0.3 is 4.90 Å². The minimum absolute atomic E-state index is 0.162. The smallest absolute Gasteiger partial charge is 0.0701 e. The highest BCUT2D eigenvalue weighted by Gasteiger charge is 2.39. The first-order valence-electron chi connectivity index (χ1n) is 22.0. The average Bonchev–Trinajstić information content (AvgIpc) is 3.58. The Balaban J connectivity index is 1.18. The van der Waals surface area contributed by atoms with Crippen molar-refractivity contribution < 1.29 is 0 Å². The largest absolute Gasteiger partial charge is 0.310 e. The highest BCUT2D eigenvalue weighted by molar-refractivity contribution is 6.08. The van der Waals surface area contributed by atoms with Gasteiger partial charge in [0.1, 0.15) is 0 Å². The highest BCUT2D eigenvalue weighted by Crippen LogP contribution is 2.53. The summed E-state index contributed by atoms with van der Waals surface area (Å²) in [6, 6.07) is 91.6. The fourth-order valence-electron chi connectivity index (χ4n) is 10.5. The van der Waals surface area contributed by atoms with E-state index in [1.54, 1.807) is 0 Å². The van der Waals surface area contributed by atoms with E-state index in [9.17, 15) is 0 Å². The first-order chi connectivity index (χ1) is 31.0. The second-order valence-corrected chi connectivity index (χ2v) is 17.2. The molecule has 63 heavy (non-hydrogen) atoms. The molecule has 0 saturated heterocycles. The Kier molecular flexibility index (Phi) is 9.47. The van der Waals surface area contributed by atoms with Crippen LogP contribution in [0.5, 0.6) is 0 Å². The van der Waals surface area contributed by atoms with E-state index in [-0.39, 0.29) is 5.41 Å². The number of rotatable bonds is 9. The van der Waals surface area contributed by atoms with Gasteiger partial charge in [-0.3, -0.25) is 0 Å². The molecule has 0 bridgehead atoms. The third-order valence-corrected chi connectivity index (χ3v) is 13.4. The summed E-state index contributed by atoms with van der Waals surface area (Å²) in [5.74, 6) is 0. The van der Waals surface area contributed by atoms with Gasteiger partial charge in [-0.2, -0.15) is 0 Å². The van der Waals surface area contributed by atoms with Gasteiger partial charge in [0, 0.05) is 22.4 Å². The topological polar surface area (TPSA) is 3.24 Å². The molecule has 0 radical (unpaired) electrons. The monoisotopic (exact) mass is 805 g/mol. The van der Waals surface area contributed by atoms with Crippen molar-refractivity contribution in [3.05, 3.63) is 282 Å². The molecule has 0 saturated carbocycles. The molecule has 0 heterocycles. The zero-order chi connectivity index (χ0) is 42.4. The van der Waals surface area contributed by atoms with Crippen LogP contribution in [0.2, 0.25) is 0 Å². The van der Waals surface area contributed by atoms with Crippen molar-refractivity contribution in [2.24, 2.45) is 0 Å². The lowest BCUT2D eigenvalue weighted by atomic mass is 9.65. The molecule has 10 aromatic rings. The number of fused-ring (bicyclic) bond motifs is 4. The summed E-state index contributed by atoms with van der Waals surface area (Å²) >= 11 is 0. The van der Waals surface area contributed by atoms with Gasteiger partial charge in [0.05, 0.1) is 11.1 Å². The lowest BCUT2D eigenvalue weighted by Gasteiger charge is -2.37. The molecule has 0 unspecified atom stereocenters. The van der Waals surface area contributed by atoms with Crippen LogP contribution in [-0.2, 0) is 10.8 Å². The van der Waals surface area contributed by atoms with Crippen molar-refractivity contribution >= 4 is 27.8 Å². The molecule has 0 aromatic heterocycles. The maximum Gasteiger partial charge on any atom is 0.0701 e. The Morgan fingerprint density at radius 3 is 1.46 bits per heavy atom. The summed E-state index contributed by atoms with van der Waals surface area (Å²) in [7, 11) is 0. The molecule has 0 N–H and O–H groups in total. The van der Waals surface area contributed by atoms with Crippen LogP contribution < -0.4 is 4.90 Å². The van der Waals surface area contributed by atoms with Crippen molar-refractivity contribution in [1.29, 1.82) is 0 Å². The molecule has 0 atom stereocenters. The first kappa shape index (κ1) is 38.2. The molecule has 0 fully saturated rings. The maximum absolute atomic E-state index is 2.50. The number of hydrogen-bond donors (Lipinski definition) is 0. The molecular formula is C62H47N. The fourth-order valence-corrected chi connectivity index (χ4v) is 10.5. The number of nitrogens with zero attached hydrogens (tertiary/aromatic N) is 1. The maximum atomic E-state index is 2.50. The standard InChI is InChI=1S/C62H47N/c1-61(2)57-34-20-19-32-54(57)55-41-40-51(43-58(55)61)63(59-42-35-45-23-15-16-31-53(45)60(59)56-33-18-17-30-52(56)44-21-7-3-8-22-44)50-38-36-49(37-39-50)62(46-24-9-4-10-25-46,47-26-11-5-12-27-47)48-28-13-6-14-29-48/h3-43H,1-2H3. The van der Waals surface area contributed by atoms with Crippen molar-refractivity contribution in [3.63, 3.8) is 0 Å². The van der Waals surface area contributed by atoms with E-state index in [4.69, 9.17) is 0 Å². The highest BCUT2D eigenvalue weighted by atomic mass is 15.1. The normalized spacial score (nSPS) is 12.7. The van der Waals surface area contributed by atoms with Crippen LogP contribution in [0.15, 0.2) is 249 Å². The molecule has 1 heteroatoms. The Morgan fingerprint density at radius 2 is 0.825 bits per heavy atom. The van der Waals surface area contributed by atoms with Gasteiger partial charge in [0.25, 0.3) is 0 Å². The van der Waals surface area contributed by atoms with E-state index < -0.39 is 5.41 Å². The van der Waals surface area contributed by atoms with Crippen LogP contribution in [0.1, 0.15) is 47.2 Å². The zero-order valence-corrected chi connectivity index (χ0v) is 35.6. The van der Waals surface area contributed by atoms with E-state index in [0.717, 1.165) is 17.1 Å². The zero-order valence-electron chi connectivity index (χ0n) is 35.6. The third-order valence-electron chi connectivity index (χ3n) is 13.4. The van der Waals surface area contributed by atoms with E-state index in [2.05, 4.69) is 267 Å². The van der Waals surface area contributed by atoms with Crippen LogP contribution in [0.3, 0.4) is 0 Å². The van der Waals surface area contributed by atoms with Crippen molar-refractivity contribution in [2.75, 3.05) is 4.90 Å². The molecule has 1 aliphatic carbocycles. The second-order valence-electron chi connectivity index (χ2n) is 17.2. The molecule has 1 aliphatic rings. The van der Waals surface area contributed by atoms with Crippen molar-refractivity contribution in [2.45, 2.75) is 24.7 Å². The van der Waals surface area contributed by atoms with E-state index >= 15 is 0 Å². The van der Waals surface area contributed by atoms with Crippen LogP contribution in [-0.4, -0.2) is 0 Å². The Hall–Kier alpha value is -7.74. The van der Waals surface area contributed by atoms with Gasteiger partial charge in [-0.1, -0.05) is 232 Å². The molecule has 0 amide bonds. The fraction of sp³-hybridized carbons (Fsp3) is 0.0645. The van der Waals surface area contributed by atoms with Crippen LogP contribution in [0.25, 0.3) is 44.2 Å². The summed E-state index contributed by atoms with van der Waals surface area (Å²) in [6.45, 7) is 4.74. The predicted octanol–water partition coefficient (Wildman–Crippen LogP) is 16.3. The first-order valence-corrected chi connectivity index (χ1v) is 22.0. The SMILES string of the molecule is CC1(C)c2ccccc2-c2ccc(N(c3ccc(C(c4ccccc4)(c4ccccc4)c4ccccc4)cc3)c3ccc4ccccc4c3-c3ccccc3-c3ccccc3)cc21. The van der Waals surface area contributed by atoms with Gasteiger partial charge in [-0.05, 0) is 102 Å². The lowest BCUT2D eigenvalue weighted by molar-refractivity contribution is 0.660. The molecular weight excluding hydrogens is 759 g/mol. The van der Waals surface area contributed by atoms with Gasteiger partial charge in [-0.15, -0.1) is 0 Å². The Labute approximate surface area is 371 Å². The Bertz CT molecular complexity index is 3130. The molecule has 0 spiro atoms. The van der Waals surface area contributed by atoms with Gasteiger partial charge >= 0.3 is 0 Å². The van der Waals surface area contributed by atoms with Gasteiger partial charge in [-0.25, -0.2) is 0 Å². The second kappa shape index (κ2) is 15.6. The summed E-state index contributed by atoms with van der Waals surface area (Å²) in [5.41, 5.74) is 17.6. The van der Waals surface area contributed by atoms with Crippen LogP contribution >= 0.6 is 0 Å². The Morgan fingerprint density at radius 1 is 0.349 bits per heavy atom. The van der Waals surface area contributed by atoms with Crippen LogP contribution in [0, 0.1) is 0 Å². The number of hydrogen-bond acceptors (Lipinski definition) is 1. The minimum atomic E-state index is -0.556. The number of benzene rings is 10. The quantitative estimate of drug-likeness (QED) is 0.131. The van der Waals surface area contributed by atoms with E-state index in [1.807, 2.05) is 0 Å². The summed E-state index contributed by atoms with van der Waals surface area (Å²) in [5, 5.41) is 2.42. The number of anilines is 3. The molecule has 11 rings (SSSR count). The lowest BCUT2D eigenvalue weighted by Crippen LogP contribution is -2.31. The van der Waals surface area contributed by atoms with Crippen molar-refractivity contribution in [1.82, 2.24) is 0 Å². The molecule has 0 aliphatic heterocycles. The van der Waals surface area contributed by atoms with E-state index in [1.165, 1.54) is 77.5 Å². The van der Waals surface area contributed by atoms with Crippen molar-refractivity contribution in [3.8, 4) is 33.4 Å². The van der Waals surface area contributed by atoms with Crippen LogP contribution in [0.4, 0.5) is 17.1 Å². The average molecular weight is 806 g/mol.